The number of ether oxygens (including phenoxy) is 1. The highest BCUT2D eigenvalue weighted by molar-refractivity contribution is 5.85. The zero-order valence-electron chi connectivity index (χ0n) is 11.2. The van der Waals surface area contributed by atoms with E-state index in [4.69, 9.17) is 11.2 Å². The maximum absolute atomic E-state index is 5.40. The van der Waals surface area contributed by atoms with Crippen molar-refractivity contribution >= 4 is 12.4 Å². The van der Waals surface area contributed by atoms with Crippen LogP contribution in [-0.4, -0.2) is 6.61 Å². The molecule has 2 aromatic rings. The Kier molecular flexibility index (Phi) is 7.27. The van der Waals surface area contributed by atoms with Crippen molar-refractivity contribution in [3.8, 4) is 18.1 Å². The van der Waals surface area contributed by atoms with Gasteiger partial charge < -0.3 is 10.1 Å². The SMILES string of the molecule is C#CCOc1cccc(CNCc2ccccc2)c1.Cl. The quantitative estimate of drug-likeness (QED) is 0.822. The Bertz CT molecular complexity index is 548. The summed E-state index contributed by atoms with van der Waals surface area (Å²) in [6, 6.07) is 18.3. The topological polar surface area (TPSA) is 21.3 Å². The smallest absolute Gasteiger partial charge is 0.148 e. The second kappa shape index (κ2) is 9.03. The van der Waals surface area contributed by atoms with Gasteiger partial charge in [0.05, 0.1) is 0 Å². The summed E-state index contributed by atoms with van der Waals surface area (Å²) < 4.78 is 5.40. The third kappa shape index (κ3) is 5.36. The van der Waals surface area contributed by atoms with Crippen LogP contribution in [-0.2, 0) is 13.1 Å². The average molecular weight is 288 g/mol. The molecule has 20 heavy (non-hydrogen) atoms. The summed E-state index contributed by atoms with van der Waals surface area (Å²) >= 11 is 0. The van der Waals surface area contributed by atoms with E-state index in [1.165, 1.54) is 11.1 Å². The highest BCUT2D eigenvalue weighted by atomic mass is 35.5. The van der Waals surface area contributed by atoms with Gasteiger partial charge in [0.15, 0.2) is 0 Å². The molecular formula is C17H18ClNO. The van der Waals surface area contributed by atoms with Gasteiger partial charge in [-0.05, 0) is 23.3 Å². The van der Waals surface area contributed by atoms with Crippen LogP contribution in [0.25, 0.3) is 0 Å². The van der Waals surface area contributed by atoms with Crippen LogP contribution in [0.1, 0.15) is 11.1 Å². The second-order valence-electron chi connectivity index (χ2n) is 4.23. The molecule has 0 aromatic heterocycles. The maximum Gasteiger partial charge on any atom is 0.148 e. The summed E-state index contributed by atoms with van der Waals surface area (Å²) in [5, 5.41) is 3.41. The van der Waals surface area contributed by atoms with E-state index in [2.05, 4.69) is 29.4 Å². The Hall–Kier alpha value is -1.95. The van der Waals surface area contributed by atoms with Crippen LogP contribution in [0.3, 0.4) is 0 Å². The van der Waals surface area contributed by atoms with Gasteiger partial charge in [-0.25, -0.2) is 0 Å². The third-order valence-corrected chi connectivity index (χ3v) is 2.72. The van der Waals surface area contributed by atoms with Crippen LogP contribution < -0.4 is 10.1 Å². The number of hydrogen-bond acceptors (Lipinski definition) is 2. The van der Waals surface area contributed by atoms with Crippen LogP contribution in [0.2, 0.25) is 0 Å². The molecule has 0 heterocycles. The van der Waals surface area contributed by atoms with Crippen molar-refractivity contribution < 1.29 is 4.74 Å². The Morgan fingerprint density at radius 2 is 1.65 bits per heavy atom. The Morgan fingerprint density at radius 1 is 0.950 bits per heavy atom. The van der Waals surface area contributed by atoms with Gasteiger partial charge in [-0.1, -0.05) is 48.4 Å². The van der Waals surface area contributed by atoms with Crippen LogP contribution in [0, 0.1) is 12.3 Å². The van der Waals surface area contributed by atoms with Crippen LogP contribution >= 0.6 is 12.4 Å². The van der Waals surface area contributed by atoms with Crippen molar-refractivity contribution in [2.45, 2.75) is 13.1 Å². The summed E-state index contributed by atoms with van der Waals surface area (Å²) in [6.45, 7) is 1.97. The average Bonchev–Trinajstić information content (AvgIpc) is 2.47. The highest BCUT2D eigenvalue weighted by Gasteiger charge is 1.97. The summed E-state index contributed by atoms with van der Waals surface area (Å²) in [4.78, 5) is 0. The van der Waals surface area contributed by atoms with E-state index in [9.17, 15) is 0 Å². The number of nitrogens with one attached hydrogen (secondary N) is 1. The molecule has 104 valence electrons. The van der Waals surface area contributed by atoms with Gasteiger partial charge in [0.1, 0.15) is 12.4 Å². The van der Waals surface area contributed by atoms with Gasteiger partial charge in [-0.15, -0.1) is 18.8 Å². The number of terminal acetylenes is 1. The van der Waals surface area contributed by atoms with E-state index in [1.807, 2.05) is 36.4 Å². The molecule has 0 radical (unpaired) electrons. The van der Waals surface area contributed by atoms with E-state index in [1.54, 1.807) is 0 Å². The number of halogens is 1. The molecule has 1 N–H and O–H groups in total. The van der Waals surface area contributed by atoms with Crippen molar-refractivity contribution in [3.63, 3.8) is 0 Å². The molecule has 0 saturated carbocycles. The van der Waals surface area contributed by atoms with E-state index in [-0.39, 0.29) is 12.4 Å². The molecular weight excluding hydrogens is 270 g/mol. The summed E-state index contributed by atoms with van der Waals surface area (Å²) in [5.74, 6) is 3.28. The fourth-order valence-electron chi connectivity index (χ4n) is 1.82. The highest BCUT2D eigenvalue weighted by Crippen LogP contribution is 2.13. The van der Waals surface area contributed by atoms with Gasteiger partial charge in [-0.2, -0.15) is 0 Å². The predicted octanol–water partition coefficient (Wildman–Crippen LogP) is 3.41. The monoisotopic (exact) mass is 287 g/mol. The minimum absolute atomic E-state index is 0. The zero-order chi connectivity index (χ0) is 13.3. The lowest BCUT2D eigenvalue weighted by atomic mass is 10.2. The van der Waals surface area contributed by atoms with Crippen molar-refractivity contribution in [2.24, 2.45) is 0 Å². The summed E-state index contributed by atoms with van der Waals surface area (Å²) in [7, 11) is 0. The van der Waals surface area contributed by atoms with Crippen LogP contribution in [0.5, 0.6) is 5.75 Å². The second-order valence-corrected chi connectivity index (χ2v) is 4.23. The zero-order valence-corrected chi connectivity index (χ0v) is 12.0. The van der Waals surface area contributed by atoms with Crippen LogP contribution in [0.15, 0.2) is 54.6 Å². The standard InChI is InChI=1S/C17H17NO.ClH/c1-2-11-19-17-10-6-9-16(12-17)14-18-13-15-7-4-3-5-8-15;/h1,3-10,12,18H,11,13-14H2;1H. The lowest BCUT2D eigenvalue weighted by molar-refractivity contribution is 0.370. The first kappa shape index (κ1) is 16.1. The third-order valence-electron chi connectivity index (χ3n) is 2.72. The number of benzene rings is 2. The molecule has 0 bridgehead atoms. The van der Waals surface area contributed by atoms with Crippen LogP contribution in [0.4, 0.5) is 0 Å². The molecule has 0 saturated heterocycles. The molecule has 0 aliphatic carbocycles. The van der Waals surface area contributed by atoms with Gasteiger partial charge in [0.2, 0.25) is 0 Å². The molecule has 0 aliphatic heterocycles. The Morgan fingerprint density at radius 3 is 2.40 bits per heavy atom. The first-order chi connectivity index (χ1) is 9.38. The Balaban J connectivity index is 0.00000200. The fraction of sp³-hybridized carbons (Fsp3) is 0.176. The van der Waals surface area contributed by atoms with E-state index >= 15 is 0 Å². The van der Waals surface area contributed by atoms with Crippen molar-refractivity contribution in [1.82, 2.24) is 5.32 Å². The van der Waals surface area contributed by atoms with Gasteiger partial charge in [-0.3, -0.25) is 0 Å². The number of hydrogen-bond donors (Lipinski definition) is 1. The molecule has 0 spiro atoms. The lowest BCUT2D eigenvalue weighted by Crippen LogP contribution is -2.12. The molecule has 0 aliphatic rings. The molecule has 3 heteroatoms. The van der Waals surface area contributed by atoms with Gasteiger partial charge >= 0.3 is 0 Å². The summed E-state index contributed by atoms with van der Waals surface area (Å²) in [5.41, 5.74) is 2.47. The number of rotatable bonds is 6. The molecule has 0 atom stereocenters. The predicted molar refractivity (Wildman–Crippen MR) is 85.0 cm³/mol. The molecule has 0 amide bonds. The van der Waals surface area contributed by atoms with Crippen molar-refractivity contribution in [2.75, 3.05) is 6.61 Å². The minimum atomic E-state index is 0. The molecule has 2 rings (SSSR count). The van der Waals surface area contributed by atoms with E-state index in [0.717, 1.165) is 18.8 Å². The summed E-state index contributed by atoms with van der Waals surface area (Å²) in [6.07, 6.45) is 5.17. The molecule has 2 aromatic carbocycles. The first-order valence-corrected chi connectivity index (χ1v) is 6.28. The minimum Gasteiger partial charge on any atom is -0.481 e. The van der Waals surface area contributed by atoms with E-state index < -0.39 is 0 Å². The van der Waals surface area contributed by atoms with Crippen molar-refractivity contribution in [1.29, 1.82) is 0 Å². The van der Waals surface area contributed by atoms with E-state index in [0.29, 0.717) is 6.61 Å². The van der Waals surface area contributed by atoms with Crippen molar-refractivity contribution in [3.05, 3.63) is 65.7 Å². The largest absolute Gasteiger partial charge is 0.481 e. The Labute approximate surface area is 126 Å². The van der Waals surface area contributed by atoms with Gasteiger partial charge in [0.25, 0.3) is 0 Å². The molecule has 0 fully saturated rings. The molecule has 0 unspecified atom stereocenters. The maximum atomic E-state index is 5.40. The molecule has 2 nitrogen and oxygen atoms in total. The first-order valence-electron chi connectivity index (χ1n) is 6.28. The normalized spacial score (nSPS) is 9.35. The lowest BCUT2D eigenvalue weighted by Gasteiger charge is -2.07. The fourth-order valence-corrected chi connectivity index (χ4v) is 1.82. The van der Waals surface area contributed by atoms with Gasteiger partial charge in [0, 0.05) is 13.1 Å².